The van der Waals surface area contributed by atoms with Gasteiger partial charge in [-0.15, -0.1) is 0 Å². The lowest BCUT2D eigenvalue weighted by Crippen LogP contribution is -2.21. The highest BCUT2D eigenvalue weighted by Gasteiger charge is 2.20. The summed E-state index contributed by atoms with van der Waals surface area (Å²) in [6, 6.07) is 11.2. The number of rotatable bonds is 3. The summed E-state index contributed by atoms with van der Waals surface area (Å²) in [5.74, 6) is 0.0852. The molecule has 0 unspecified atom stereocenters. The van der Waals surface area contributed by atoms with Gasteiger partial charge in [0.1, 0.15) is 0 Å². The van der Waals surface area contributed by atoms with Crippen LogP contribution in [0.25, 0.3) is 0 Å². The Bertz CT molecular complexity index is 854. The Morgan fingerprint density at radius 1 is 1.04 bits per heavy atom. The zero-order valence-electron chi connectivity index (χ0n) is 18.3. The number of anilines is 3. The summed E-state index contributed by atoms with van der Waals surface area (Å²) in [5.41, 5.74) is 8.49. The van der Waals surface area contributed by atoms with E-state index in [1.165, 1.54) is 35.3 Å². The quantitative estimate of drug-likeness (QED) is 0.664. The fourth-order valence-corrected chi connectivity index (χ4v) is 4.11. The molecule has 2 aromatic carbocycles. The minimum atomic E-state index is -0.0142. The van der Waals surface area contributed by atoms with Crippen LogP contribution in [-0.2, 0) is 11.2 Å². The van der Waals surface area contributed by atoms with E-state index < -0.39 is 0 Å². The maximum absolute atomic E-state index is 12.4. The van der Waals surface area contributed by atoms with Gasteiger partial charge in [-0.25, -0.2) is 0 Å². The van der Waals surface area contributed by atoms with E-state index in [1.54, 1.807) is 0 Å². The van der Waals surface area contributed by atoms with E-state index in [0.29, 0.717) is 6.42 Å². The summed E-state index contributed by atoms with van der Waals surface area (Å²) in [5, 5.41) is 3.15. The lowest BCUT2D eigenvalue weighted by Gasteiger charge is -2.27. The van der Waals surface area contributed by atoms with Crippen molar-refractivity contribution in [3.05, 3.63) is 52.6 Å². The fraction of sp³-hybridized carbons (Fsp3) is 0.480. The van der Waals surface area contributed by atoms with Crippen molar-refractivity contribution in [1.29, 1.82) is 0 Å². The van der Waals surface area contributed by atoms with Crippen molar-refractivity contribution in [2.45, 2.75) is 67.2 Å². The van der Waals surface area contributed by atoms with Crippen LogP contribution < -0.4 is 10.2 Å². The minimum absolute atomic E-state index is 0.0142. The normalized spacial score (nSPS) is 14.4. The van der Waals surface area contributed by atoms with Crippen molar-refractivity contribution < 1.29 is 4.79 Å². The van der Waals surface area contributed by atoms with Crippen LogP contribution in [-0.4, -0.2) is 12.5 Å². The average Bonchev–Trinajstić information content (AvgIpc) is 2.78. The number of nitrogens with one attached hydrogen (secondary N) is 1. The fourth-order valence-electron chi connectivity index (χ4n) is 4.11. The van der Waals surface area contributed by atoms with Crippen LogP contribution in [0.1, 0.15) is 62.3 Å². The monoisotopic (exact) mass is 378 g/mol. The molecule has 0 saturated carbocycles. The highest BCUT2D eigenvalue weighted by Crippen LogP contribution is 2.36. The molecule has 0 spiro atoms. The van der Waals surface area contributed by atoms with Crippen molar-refractivity contribution in [2.75, 3.05) is 16.8 Å². The van der Waals surface area contributed by atoms with E-state index in [4.69, 9.17) is 0 Å². The van der Waals surface area contributed by atoms with Gasteiger partial charge in [0.2, 0.25) is 5.91 Å². The van der Waals surface area contributed by atoms with Crippen LogP contribution in [0.15, 0.2) is 30.3 Å². The van der Waals surface area contributed by atoms with Crippen LogP contribution in [0, 0.1) is 26.2 Å². The summed E-state index contributed by atoms with van der Waals surface area (Å²) < 4.78 is 0. The van der Waals surface area contributed by atoms with Gasteiger partial charge in [0.15, 0.2) is 0 Å². The first-order valence-corrected chi connectivity index (χ1v) is 10.4. The molecule has 150 valence electrons. The lowest BCUT2D eigenvalue weighted by molar-refractivity contribution is -0.117. The third-order valence-corrected chi connectivity index (χ3v) is 5.39. The molecule has 0 bridgehead atoms. The molecule has 1 heterocycles. The van der Waals surface area contributed by atoms with E-state index in [-0.39, 0.29) is 11.3 Å². The number of fused-ring (bicyclic) bond motifs is 1. The predicted octanol–water partition coefficient (Wildman–Crippen LogP) is 6.46. The van der Waals surface area contributed by atoms with Crippen molar-refractivity contribution in [3.8, 4) is 0 Å². The second-order valence-electron chi connectivity index (χ2n) is 9.48. The summed E-state index contributed by atoms with van der Waals surface area (Å²) in [4.78, 5) is 14.9. The Balaban J connectivity index is 1.92. The van der Waals surface area contributed by atoms with E-state index in [0.717, 1.165) is 29.8 Å². The summed E-state index contributed by atoms with van der Waals surface area (Å²) in [7, 11) is 0. The first-order chi connectivity index (χ1) is 13.1. The van der Waals surface area contributed by atoms with E-state index in [9.17, 15) is 4.79 Å². The van der Waals surface area contributed by atoms with Crippen LogP contribution >= 0.6 is 0 Å². The molecule has 3 nitrogen and oxygen atoms in total. The molecular weight excluding hydrogens is 344 g/mol. The van der Waals surface area contributed by atoms with Gasteiger partial charge in [-0.2, -0.15) is 0 Å². The van der Waals surface area contributed by atoms with Crippen LogP contribution in [0.5, 0.6) is 0 Å². The van der Waals surface area contributed by atoms with E-state index in [1.807, 2.05) is 0 Å². The Morgan fingerprint density at radius 2 is 1.71 bits per heavy atom. The number of aryl methyl sites for hydroxylation is 4. The van der Waals surface area contributed by atoms with E-state index >= 15 is 0 Å². The van der Waals surface area contributed by atoms with Crippen molar-refractivity contribution in [3.63, 3.8) is 0 Å². The Kier molecular flexibility index (Phi) is 5.83. The largest absolute Gasteiger partial charge is 0.341 e. The van der Waals surface area contributed by atoms with Gasteiger partial charge in [0.05, 0.1) is 0 Å². The first kappa shape index (κ1) is 20.4. The Labute approximate surface area is 170 Å². The molecule has 1 N–H and O–H groups in total. The second kappa shape index (κ2) is 7.98. The van der Waals surface area contributed by atoms with E-state index in [2.05, 4.69) is 82.1 Å². The van der Waals surface area contributed by atoms with Gasteiger partial charge in [-0.3, -0.25) is 4.79 Å². The molecule has 0 aromatic heterocycles. The number of hydrogen-bond acceptors (Lipinski definition) is 2. The highest BCUT2D eigenvalue weighted by atomic mass is 16.1. The van der Waals surface area contributed by atoms with Crippen LogP contribution in [0.2, 0.25) is 0 Å². The molecule has 0 fully saturated rings. The van der Waals surface area contributed by atoms with Crippen molar-refractivity contribution in [2.24, 2.45) is 5.41 Å². The number of carbonyl (C=O) groups excluding carboxylic acids is 1. The summed E-state index contributed by atoms with van der Waals surface area (Å²) in [6.45, 7) is 13.7. The lowest BCUT2D eigenvalue weighted by atomic mass is 9.92. The molecule has 1 amide bonds. The van der Waals surface area contributed by atoms with Gasteiger partial charge in [-0.1, -0.05) is 38.5 Å². The average molecular weight is 379 g/mol. The van der Waals surface area contributed by atoms with Crippen LogP contribution in [0.3, 0.4) is 0 Å². The summed E-state index contributed by atoms with van der Waals surface area (Å²) in [6.07, 6.45) is 4.08. The standard InChI is InChI=1S/C25H34N2O/c1-17-10-11-22-20(13-17)9-7-8-12-27(22)21-14-18(2)24(19(3)15-21)26-23(28)16-25(4,5)6/h10-11,13-15H,7-9,12,16H2,1-6H3,(H,26,28). The first-order valence-electron chi connectivity index (χ1n) is 10.4. The number of hydrogen-bond donors (Lipinski definition) is 1. The van der Waals surface area contributed by atoms with Crippen molar-refractivity contribution in [1.82, 2.24) is 0 Å². The smallest absolute Gasteiger partial charge is 0.224 e. The molecule has 3 heteroatoms. The molecule has 3 rings (SSSR count). The third kappa shape index (κ3) is 4.76. The molecule has 0 atom stereocenters. The molecule has 28 heavy (non-hydrogen) atoms. The Morgan fingerprint density at radius 3 is 2.36 bits per heavy atom. The predicted molar refractivity (Wildman–Crippen MR) is 120 cm³/mol. The molecule has 0 saturated heterocycles. The number of carbonyl (C=O) groups is 1. The maximum Gasteiger partial charge on any atom is 0.224 e. The maximum atomic E-state index is 12.4. The van der Waals surface area contributed by atoms with Gasteiger partial charge >= 0.3 is 0 Å². The van der Waals surface area contributed by atoms with Crippen LogP contribution in [0.4, 0.5) is 17.1 Å². The molecular formula is C25H34N2O. The SMILES string of the molecule is Cc1ccc2c(c1)CCCCN2c1cc(C)c(NC(=O)CC(C)(C)C)c(C)c1. The van der Waals surface area contributed by atoms with Gasteiger partial charge in [0, 0.05) is 30.0 Å². The highest BCUT2D eigenvalue weighted by molar-refractivity contribution is 5.93. The zero-order valence-corrected chi connectivity index (χ0v) is 18.3. The molecule has 2 aromatic rings. The van der Waals surface area contributed by atoms with Gasteiger partial charge in [0.25, 0.3) is 0 Å². The zero-order chi connectivity index (χ0) is 20.5. The van der Waals surface area contributed by atoms with Gasteiger partial charge in [-0.05, 0) is 80.3 Å². The molecule has 0 radical (unpaired) electrons. The Hall–Kier alpha value is -2.29. The number of benzene rings is 2. The molecule has 1 aliphatic heterocycles. The third-order valence-electron chi connectivity index (χ3n) is 5.39. The summed E-state index contributed by atoms with van der Waals surface area (Å²) >= 11 is 0. The van der Waals surface area contributed by atoms with Gasteiger partial charge < -0.3 is 10.2 Å². The number of nitrogens with zero attached hydrogens (tertiary/aromatic N) is 1. The molecule has 0 aliphatic carbocycles. The second-order valence-corrected chi connectivity index (χ2v) is 9.48. The van der Waals surface area contributed by atoms with Crippen molar-refractivity contribution >= 4 is 23.0 Å². The minimum Gasteiger partial charge on any atom is -0.341 e. The molecule has 1 aliphatic rings. The number of amides is 1. The topological polar surface area (TPSA) is 32.3 Å².